The second-order valence-electron chi connectivity index (χ2n) is 5.38. The number of aliphatic hydroxyl groups is 1. The summed E-state index contributed by atoms with van der Waals surface area (Å²) in [6.07, 6.45) is 1.00. The standard InChI is InChI=1S/C15H19BrN2O3/c1-9(13(19)15(21)17-8-10-6-7-10)18-14(20)11-4-2-3-5-12(11)16/h2-5,9-10,13,19H,6-8H2,1H3,(H,17,21)(H,18,20). The second-order valence-corrected chi connectivity index (χ2v) is 6.23. The third-order valence-electron chi connectivity index (χ3n) is 3.48. The van der Waals surface area contributed by atoms with Gasteiger partial charge in [-0.1, -0.05) is 12.1 Å². The summed E-state index contributed by atoms with van der Waals surface area (Å²) in [5.41, 5.74) is 0.468. The number of hydrogen-bond donors (Lipinski definition) is 3. The Balaban J connectivity index is 1.87. The van der Waals surface area contributed by atoms with Crippen LogP contribution in [0.15, 0.2) is 28.7 Å². The van der Waals surface area contributed by atoms with E-state index in [9.17, 15) is 14.7 Å². The van der Waals surface area contributed by atoms with Crippen molar-refractivity contribution in [2.75, 3.05) is 6.54 Å². The smallest absolute Gasteiger partial charge is 0.252 e. The molecule has 1 aromatic carbocycles. The Kier molecular flexibility index (Phi) is 5.36. The fraction of sp³-hybridized carbons (Fsp3) is 0.467. The van der Waals surface area contributed by atoms with E-state index in [2.05, 4.69) is 26.6 Å². The minimum absolute atomic E-state index is 0.330. The van der Waals surface area contributed by atoms with Crippen LogP contribution in [0.1, 0.15) is 30.1 Å². The summed E-state index contributed by atoms with van der Waals surface area (Å²) in [6, 6.07) is 6.33. The molecule has 3 N–H and O–H groups in total. The number of halogens is 1. The summed E-state index contributed by atoms with van der Waals surface area (Å²) < 4.78 is 0.669. The third-order valence-corrected chi connectivity index (χ3v) is 4.17. The molecule has 5 nitrogen and oxygen atoms in total. The van der Waals surface area contributed by atoms with E-state index in [1.165, 1.54) is 0 Å². The van der Waals surface area contributed by atoms with E-state index in [0.717, 1.165) is 12.8 Å². The van der Waals surface area contributed by atoms with E-state index >= 15 is 0 Å². The summed E-state index contributed by atoms with van der Waals surface area (Å²) in [5, 5.41) is 15.3. The average Bonchev–Trinajstić information content (AvgIpc) is 3.28. The highest BCUT2D eigenvalue weighted by molar-refractivity contribution is 9.10. The molecule has 1 saturated carbocycles. The number of nitrogens with one attached hydrogen (secondary N) is 2. The van der Waals surface area contributed by atoms with E-state index < -0.39 is 18.1 Å². The van der Waals surface area contributed by atoms with Gasteiger partial charge in [-0.15, -0.1) is 0 Å². The van der Waals surface area contributed by atoms with Crippen LogP contribution in [-0.2, 0) is 4.79 Å². The van der Waals surface area contributed by atoms with E-state index in [-0.39, 0.29) is 5.91 Å². The van der Waals surface area contributed by atoms with Gasteiger partial charge in [-0.05, 0) is 53.7 Å². The van der Waals surface area contributed by atoms with E-state index in [1.807, 2.05) is 6.07 Å². The lowest BCUT2D eigenvalue weighted by Crippen LogP contribution is -2.49. The Morgan fingerprint density at radius 1 is 1.38 bits per heavy atom. The van der Waals surface area contributed by atoms with Crippen LogP contribution in [0.3, 0.4) is 0 Å². The van der Waals surface area contributed by atoms with Crippen molar-refractivity contribution >= 4 is 27.7 Å². The zero-order valence-electron chi connectivity index (χ0n) is 11.8. The van der Waals surface area contributed by atoms with Crippen molar-refractivity contribution in [3.63, 3.8) is 0 Å². The van der Waals surface area contributed by atoms with Gasteiger partial charge in [-0.3, -0.25) is 9.59 Å². The molecule has 0 aromatic heterocycles. The van der Waals surface area contributed by atoms with Gasteiger partial charge in [0, 0.05) is 11.0 Å². The topological polar surface area (TPSA) is 78.4 Å². The molecular formula is C15H19BrN2O3. The highest BCUT2D eigenvalue weighted by Gasteiger charge is 2.27. The predicted molar refractivity (Wildman–Crippen MR) is 82.8 cm³/mol. The average molecular weight is 355 g/mol. The number of aliphatic hydroxyl groups excluding tert-OH is 1. The minimum atomic E-state index is -1.25. The molecule has 1 aliphatic carbocycles. The van der Waals surface area contributed by atoms with Gasteiger partial charge in [0.25, 0.3) is 11.8 Å². The maximum absolute atomic E-state index is 12.1. The maximum Gasteiger partial charge on any atom is 0.252 e. The minimum Gasteiger partial charge on any atom is -0.381 e. The molecule has 1 aromatic rings. The van der Waals surface area contributed by atoms with Crippen LogP contribution in [0.4, 0.5) is 0 Å². The summed E-state index contributed by atoms with van der Waals surface area (Å²) in [6.45, 7) is 2.21. The highest BCUT2D eigenvalue weighted by atomic mass is 79.9. The lowest BCUT2D eigenvalue weighted by atomic mass is 10.1. The molecule has 2 atom stereocenters. The van der Waals surface area contributed by atoms with Crippen LogP contribution in [0.2, 0.25) is 0 Å². The Morgan fingerprint density at radius 2 is 2.05 bits per heavy atom. The van der Waals surface area contributed by atoms with Gasteiger partial charge in [0.05, 0.1) is 11.6 Å². The van der Waals surface area contributed by atoms with Crippen LogP contribution >= 0.6 is 15.9 Å². The number of rotatable bonds is 6. The predicted octanol–water partition coefficient (Wildman–Crippen LogP) is 1.45. The number of benzene rings is 1. The van der Waals surface area contributed by atoms with Gasteiger partial charge < -0.3 is 15.7 Å². The molecule has 2 amide bonds. The van der Waals surface area contributed by atoms with Crippen molar-refractivity contribution < 1.29 is 14.7 Å². The van der Waals surface area contributed by atoms with Gasteiger partial charge >= 0.3 is 0 Å². The largest absolute Gasteiger partial charge is 0.381 e. The first kappa shape index (κ1) is 16.0. The summed E-state index contributed by atoms with van der Waals surface area (Å²) >= 11 is 3.30. The molecule has 21 heavy (non-hydrogen) atoms. The first-order valence-electron chi connectivity index (χ1n) is 7.00. The zero-order valence-corrected chi connectivity index (χ0v) is 13.4. The second kappa shape index (κ2) is 7.04. The Bertz CT molecular complexity index is 531. The molecule has 0 bridgehead atoms. The van der Waals surface area contributed by atoms with Crippen molar-refractivity contribution in [1.29, 1.82) is 0 Å². The van der Waals surface area contributed by atoms with Crippen molar-refractivity contribution in [1.82, 2.24) is 10.6 Å². The van der Waals surface area contributed by atoms with Crippen molar-refractivity contribution in [2.45, 2.75) is 31.9 Å². The molecule has 0 heterocycles. The van der Waals surface area contributed by atoms with Crippen LogP contribution in [0.5, 0.6) is 0 Å². The van der Waals surface area contributed by atoms with Crippen LogP contribution < -0.4 is 10.6 Å². The Hall–Kier alpha value is -1.40. The fourth-order valence-electron chi connectivity index (χ4n) is 1.91. The molecule has 0 saturated heterocycles. The van der Waals surface area contributed by atoms with Crippen LogP contribution in [0, 0.1) is 5.92 Å². The zero-order chi connectivity index (χ0) is 15.4. The van der Waals surface area contributed by atoms with Gasteiger partial charge in [0.15, 0.2) is 6.10 Å². The molecule has 6 heteroatoms. The molecule has 2 unspecified atom stereocenters. The molecular weight excluding hydrogens is 336 g/mol. The third kappa shape index (κ3) is 4.54. The van der Waals surface area contributed by atoms with Crippen LogP contribution in [0.25, 0.3) is 0 Å². The van der Waals surface area contributed by atoms with Crippen molar-refractivity contribution in [2.24, 2.45) is 5.92 Å². The monoisotopic (exact) mass is 354 g/mol. The number of hydrogen-bond acceptors (Lipinski definition) is 3. The van der Waals surface area contributed by atoms with Gasteiger partial charge in [0.1, 0.15) is 0 Å². The highest BCUT2D eigenvalue weighted by Crippen LogP contribution is 2.27. The van der Waals surface area contributed by atoms with E-state index in [0.29, 0.717) is 22.5 Å². The SMILES string of the molecule is CC(NC(=O)c1ccccc1Br)C(O)C(=O)NCC1CC1. The Labute approximate surface area is 132 Å². The number of carbonyl (C=O) groups is 2. The van der Waals surface area contributed by atoms with Crippen molar-refractivity contribution in [3.05, 3.63) is 34.3 Å². The van der Waals surface area contributed by atoms with Gasteiger partial charge in [-0.25, -0.2) is 0 Å². The quantitative estimate of drug-likeness (QED) is 0.723. The number of carbonyl (C=O) groups excluding carboxylic acids is 2. The molecule has 2 rings (SSSR count). The Morgan fingerprint density at radius 3 is 2.67 bits per heavy atom. The van der Waals surface area contributed by atoms with E-state index in [4.69, 9.17) is 0 Å². The van der Waals surface area contributed by atoms with Gasteiger partial charge in [-0.2, -0.15) is 0 Å². The first-order chi connectivity index (χ1) is 9.99. The van der Waals surface area contributed by atoms with Gasteiger partial charge in [0.2, 0.25) is 0 Å². The molecule has 0 aliphatic heterocycles. The molecule has 1 fully saturated rings. The lowest BCUT2D eigenvalue weighted by Gasteiger charge is -2.20. The molecule has 114 valence electrons. The molecule has 0 spiro atoms. The summed E-state index contributed by atoms with van der Waals surface area (Å²) in [7, 11) is 0. The van der Waals surface area contributed by atoms with E-state index in [1.54, 1.807) is 25.1 Å². The summed E-state index contributed by atoms with van der Waals surface area (Å²) in [4.78, 5) is 23.9. The lowest BCUT2D eigenvalue weighted by molar-refractivity contribution is -0.130. The molecule has 1 aliphatic rings. The van der Waals surface area contributed by atoms with Crippen molar-refractivity contribution in [3.8, 4) is 0 Å². The molecule has 0 radical (unpaired) electrons. The number of amides is 2. The maximum atomic E-state index is 12.1. The first-order valence-corrected chi connectivity index (χ1v) is 7.79. The fourth-order valence-corrected chi connectivity index (χ4v) is 2.37. The summed E-state index contributed by atoms with van der Waals surface area (Å²) in [5.74, 6) is -0.225. The normalized spacial score (nSPS) is 16.9. The van der Waals surface area contributed by atoms with Crippen LogP contribution in [-0.4, -0.2) is 35.6 Å².